The number of benzene rings is 2. The molecule has 2 aromatic rings. The average Bonchev–Trinajstić information content (AvgIpc) is 3.15. The summed E-state index contributed by atoms with van der Waals surface area (Å²) in [6.07, 6.45) is 8.15. The molecule has 2 saturated heterocycles. The lowest BCUT2D eigenvalue weighted by Gasteiger charge is -2.34. The smallest absolute Gasteiger partial charge is 0.245 e. The molecular formula is C23H30N2O5S2. The van der Waals surface area contributed by atoms with E-state index in [-0.39, 0.29) is 12.3 Å². The predicted octanol–water partition coefficient (Wildman–Crippen LogP) is 3.68. The molecule has 9 heteroatoms. The number of nitrogens with zero attached hydrogens (tertiary/aromatic N) is 2. The fraction of sp³-hybridized carbons (Fsp3) is 0.478. The molecule has 0 aliphatic carbocycles. The molecule has 32 heavy (non-hydrogen) atoms. The van der Waals surface area contributed by atoms with E-state index in [0.717, 1.165) is 24.3 Å². The molecule has 174 valence electrons. The normalized spacial score (nSPS) is 21.8. The first kappa shape index (κ1) is 23.1. The van der Waals surface area contributed by atoms with Crippen LogP contribution in [-0.2, 0) is 26.7 Å². The SMILES string of the molecule is CS(=O)(=O)N(c1cccc(COc2ccc([C@H]3CC[C@H]4CCCCN43)cc2)c1)S(C)(=O)=O. The van der Waals surface area contributed by atoms with Gasteiger partial charge in [0.2, 0.25) is 20.0 Å². The van der Waals surface area contributed by atoms with Gasteiger partial charge in [-0.1, -0.05) is 30.7 Å². The highest BCUT2D eigenvalue weighted by Crippen LogP contribution is 2.40. The second-order valence-electron chi connectivity index (χ2n) is 8.73. The van der Waals surface area contributed by atoms with Crippen molar-refractivity contribution in [2.24, 2.45) is 0 Å². The molecule has 2 heterocycles. The highest BCUT2D eigenvalue weighted by atomic mass is 32.3. The summed E-state index contributed by atoms with van der Waals surface area (Å²) in [4.78, 5) is 2.65. The van der Waals surface area contributed by atoms with E-state index in [9.17, 15) is 16.8 Å². The van der Waals surface area contributed by atoms with Gasteiger partial charge in [0.15, 0.2) is 0 Å². The zero-order valence-electron chi connectivity index (χ0n) is 18.5. The number of piperidine rings is 1. The van der Waals surface area contributed by atoms with Crippen molar-refractivity contribution in [2.75, 3.05) is 22.8 Å². The van der Waals surface area contributed by atoms with E-state index >= 15 is 0 Å². The maximum atomic E-state index is 12.0. The van der Waals surface area contributed by atoms with Crippen molar-refractivity contribution in [1.82, 2.24) is 4.90 Å². The summed E-state index contributed by atoms with van der Waals surface area (Å²) in [5.74, 6) is 0.718. The van der Waals surface area contributed by atoms with Crippen molar-refractivity contribution in [1.29, 1.82) is 0 Å². The van der Waals surface area contributed by atoms with E-state index in [1.165, 1.54) is 56.3 Å². The minimum absolute atomic E-state index is 0.0729. The second kappa shape index (κ2) is 9.03. The van der Waals surface area contributed by atoms with E-state index in [1.807, 2.05) is 12.1 Å². The van der Waals surface area contributed by atoms with Crippen molar-refractivity contribution in [2.45, 2.75) is 50.8 Å². The van der Waals surface area contributed by atoms with Crippen molar-refractivity contribution in [3.63, 3.8) is 0 Å². The largest absolute Gasteiger partial charge is 0.489 e. The van der Waals surface area contributed by atoms with Gasteiger partial charge in [0.05, 0.1) is 18.2 Å². The Morgan fingerprint density at radius 3 is 2.34 bits per heavy atom. The van der Waals surface area contributed by atoms with Gasteiger partial charge in [-0.15, -0.1) is 0 Å². The monoisotopic (exact) mass is 478 g/mol. The van der Waals surface area contributed by atoms with Crippen LogP contribution in [0.25, 0.3) is 0 Å². The minimum atomic E-state index is -3.98. The molecule has 2 aliphatic heterocycles. The Morgan fingerprint density at radius 2 is 1.66 bits per heavy atom. The van der Waals surface area contributed by atoms with Crippen LogP contribution < -0.4 is 8.45 Å². The highest BCUT2D eigenvalue weighted by Gasteiger charge is 2.35. The van der Waals surface area contributed by atoms with E-state index in [4.69, 9.17) is 4.74 Å². The molecule has 0 aromatic heterocycles. The zero-order chi connectivity index (χ0) is 22.9. The molecule has 2 atom stereocenters. The van der Waals surface area contributed by atoms with E-state index < -0.39 is 20.0 Å². The Hall–Kier alpha value is -2.10. The van der Waals surface area contributed by atoms with Gasteiger partial charge in [-0.3, -0.25) is 4.90 Å². The first-order valence-corrected chi connectivity index (χ1v) is 14.6. The van der Waals surface area contributed by atoms with Gasteiger partial charge < -0.3 is 4.74 Å². The zero-order valence-corrected chi connectivity index (χ0v) is 20.1. The van der Waals surface area contributed by atoms with E-state index in [0.29, 0.717) is 15.3 Å². The van der Waals surface area contributed by atoms with Crippen LogP contribution in [0.15, 0.2) is 48.5 Å². The Kier molecular flexibility index (Phi) is 6.51. The first-order valence-electron chi connectivity index (χ1n) is 10.9. The second-order valence-corrected chi connectivity index (χ2v) is 12.6. The van der Waals surface area contributed by atoms with Crippen molar-refractivity contribution >= 4 is 25.7 Å². The molecule has 2 aromatic carbocycles. The van der Waals surface area contributed by atoms with Crippen LogP contribution in [0.5, 0.6) is 5.75 Å². The lowest BCUT2D eigenvalue weighted by Crippen LogP contribution is -2.35. The van der Waals surface area contributed by atoms with Crippen molar-refractivity contribution in [3.8, 4) is 5.75 Å². The minimum Gasteiger partial charge on any atom is -0.489 e. The van der Waals surface area contributed by atoms with Crippen molar-refractivity contribution in [3.05, 3.63) is 59.7 Å². The fourth-order valence-corrected chi connectivity index (χ4v) is 7.92. The van der Waals surface area contributed by atoms with Gasteiger partial charge in [0, 0.05) is 12.1 Å². The van der Waals surface area contributed by atoms with Gasteiger partial charge in [0.25, 0.3) is 0 Å². The molecule has 7 nitrogen and oxygen atoms in total. The molecule has 4 rings (SSSR count). The van der Waals surface area contributed by atoms with Crippen LogP contribution in [0.2, 0.25) is 0 Å². The summed E-state index contributed by atoms with van der Waals surface area (Å²) in [7, 11) is -7.96. The molecule has 0 bridgehead atoms. The molecule has 0 unspecified atom stereocenters. The van der Waals surface area contributed by atoms with Crippen LogP contribution >= 0.6 is 0 Å². The van der Waals surface area contributed by atoms with Crippen LogP contribution in [0.4, 0.5) is 5.69 Å². The highest BCUT2D eigenvalue weighted by molar-refractivity contribution is 8.09. The Balaban J connectivity index is 1.44. The lowest BCUT2D eigenvalue weighted by molar-refractivity contribution is 0.150. The third-order valence-electron chi connectivity index (χ3n) is 6.24. The third-order valence-corrected chi connectivity index (χ3v) is 9.49. The molecule has 2 aliphatic rings. The first-order chi connectivity index (χ1) is 15.1. The van der Waals surface area contributed by atoms with Gasteiger partial charge >= 0.3 is 0 Å². The summed E-state index contributed by atoms with van der Waals surface area (Å²) < 4.78 is 54.4. The summed E-state index contributed by atoms with van der Waals surface area (Å²) in [5.41, 5.74) is 2.07. The van der Waals surface area contributed by atoms with Gasteiger partial charge in [0.1, 0.15) is 12.4 Å². The number of rotatable bonds is 7. The topological polar surface area (TPSA) is 84.0 Å². The Labute approximate surface area is 191 Å². The standard InChI is InChI=1S/C23H30N2O5S2/c1-31(26,27)25(32(2,28)29)21-8-5-6-18(16-21)17-30-22-12-9-19(10-13-22)23-14-11-20-7-3-4-15-24(20)23/h5-6,8-10,12-13,16,20,23H,3-4,7,11,14-15,17H2,1-2H3/t20-,23-/m1/s1. The predicted molar refractivity (Wildman–Crippen MR) is 126 cm³/mol. The van der Waals surface area contributed by atoms with Crippen LogP contribution in [0.1, 0.15) is 49.3 Å². The van der Waals surface area contributed by atoms with Gasteiger partial charge in [-0.2, -0.15) is 3.71 Å². The molecular weight excluding hydrogens is 448 g/mol. The Bertz CT molecular complexity index is 1130. The van der Waals surface area contributed by atoms with Crippen LogP contribution in [0.3, 0.4) is 0 Å². The van der Waals surface area contributed by atoms with Crippen LogP contribution in [0, 0.1) is 0 Å². The Morgan fingerprint density at radius 1 is 0.938 bits per heavy atom. The molecule has 0 N–H and O–H groups in total. The number of hydrogen-bond donors (Lipinski definition) is 0. The molecule has 0 amide bonds. The third kappa shape index (κ3) is 5.10. The molecule has 0 saturated carbocycles. The van der Waals surface area contributed by atoms with Gasteiger partial charge in [-0.05, 0) is 67.6 Å². The number of hydrogen-bond acceptors (Lipinski definition) is 6. The average molecular weight is 479 g/mol. The fourth-order valence-electron chi connectivity index (χ4n) is 4.96. The maximum Gasteiger partial charge on any atom is 0.245 e. The number of sulfonamides is 2. The summed E-state index contributed by atoms with van der Waals surface area (Å²) in [6.45, 7) is 1.38. The molecule has 0 radical (unpaired) electrons. The van der Waals surface area contributed by atoms with Crippen LogP contribution in [-0.4, -0.2) is 46.8 Å². The molecule has 0 spiro atoms. The van der Waals surface area contributed by atoms with E-state index in [1.54, 1.807) is 12.1 Å². The summed E-state index contributed by atoms with van der Waals surface area (Å²) in [6, 6.07) is 15.8. The maximum absolute atomic E-state index is 12.0. The number of ether oxygens (including phenoxy) is 1. The summed E-state index contributed by atoms with van der Waals surface area (Å²) in [5, 5.41) is 0. The van der Waals surface area contributed by atoms with Gasteiger partial charge in [-0.25, -0.2) is 16.8 Å². The molecule has 2 fully saturated rings. The number of anilines is 1. The summed E-state index contributed by atoms with van der Waals surface area (Å²) >= 11 is 0. The quantitative estimate of drug-likeness (QED) is 0.604. The van der Waals surface area contributed by atoms with Crippen molar-refractivity contribution < 1.29 is 21.6 Å². The lowest BCUT2D eigenvalue weighted by atomic mass is 10.0. The number of fused-ring (bicyclic) bond motifs is 1. The van der Waals surface area contributed by atoms with E-state index in [2.05, 4.69) is 17.0 Å².